The first kappa shape index (κ1) is 13.3. The van der Waals surface area contributed by atoms with E-state index in [1.807, 2.05) is 56.1 Å². The Bertz CT molecular complexity index is 571. The number of aryl methyl sites for hydroxylation is 2. The van der Waals surface area contributed by atoms with Crippen LogP contribution in [0.3, 0.4) is 0 Å². The van der Waals surface area contributed by atoms with Gasteiger partial charge in [0.05, 0.1) is 5.69 Å². The standard InChI is InChI=1S/C15H17N2O2/c1-11-15(12(2)17(3)16-11)10-19-14-6-4-13(5-7-14)8-9-18/h4-7H,8,10H2,1-3H3. The average molecular weight is 257 g/mol. The second kappa shape index (κ2) is 5.69. The molecule has 0 N–H and O–H groups in total. The molecule has 0 fully saturated rings. The fourth-order valence-corrected chi connectivity index (χ4v) is 1.97. The predicted octanol–water partition coefficient (Wildman–Crippen LogP) is 2.27. The molecule has 0 bridgehead atoms. The summed E-state index contributed by atoms with van der Waals surface area (Å²) in [6.07, 6.45) is 2.20. The van der Waals surface area contributed by atoms with Gasteiger partial charge < -0.3 is 4.74 Å². The fourth-order valence-electron chi connectivity index (χ4n) is 1.97. The SMILES string of the molecule is Cc1nn(C)c(C)c1COc1ccc(C[C]=O)cc1. The Kier molecular flexibility index (Phi) is 4.00. The number of nitrogens with zero attached hydrogens (tertiary/aromatic N) is 2. The molecule has 0 saturated heterocycles. The lowest BCUT2D eigenvalue weighted by atomic mass is 10.1. The number of hydrogen-bond acceptors (Lipinski definition) is 3. The Balaban J connectivity index is 2.04. The van der Waals surface area contributed by atoms with Crippen LogP contribution < -0.4 is 4.74 Å². The molecule has 1 radical (unpaired) electrons. The highest BCUT2D eigenvalue weighted by Gasteiger charge is 2.09. The minimum Gasteiger partial charge on any atom is -0.489 e. The molecule has 1 aromatic carbocycles. The fraction of sp³-hybridized carbons (Fsp3) is 0.333. The van der Waals surface area contributed by atoms with Gasteiger partial charge in [-0.05, 0) is 31.5 Å². The topological polar surface area (TPSA) is 44.1 Å². The zero-order valence-corrected chi connectivity index (χ0v) is 11.4. The zero-order chi connectivity index (χ0) is 13.8. The van der Waals surface area contributed by atoms with Crippen molar-refractivity contribution in [2.75, 3.05) is 0 Å². The summed E-state index contributed by atoms with van der Waals surface area (Å²) in [6, 6.07) is 7.49. The first-order chi connectivity index (χ1) is 9.11. The van der Waals surface area contributed by atoms with Crippen LogP contribution in [0.4, 0.5) is 0 Å². The molecular formula is C15H17N2O2. The van der Waals surface area contributed by atoms with Gasteiger partial charge in [-0.15, -0.1) is 0 Å². The molecule has 99 valence electrons. The van der Waals surface area contributed by atoms with Gasteiger partial charge >= 0.3 is 0 Å². The summed E-state index contributed by atoms with van der Waals surface area (Å²) in [4.78, 5) is 10.3. The summed E-state index contributed by atoms with van der Waals surface area (Å²) in [5, 5.41) is 4.36. The number of aromatic nitrogens is 2. The molecule has 4 heteroatoms. The minimum atomic E-state index is 0.321. The monoisotopic (exact) mass is 257 g/mol. The van der Waals surface area contributed by atoms with Gasteiger partial charge in [-0.25, -0.2) is 0 Å². The van der Waals surface area contributed by atoms with Crippen molar-refractivity contribution in [3.63, 3.8) is 0 Å². The summed E-state index contributed by atoms with van der Waals surface area (Å²) in [6.45, 7) is 4.51. The average Bonchev–Trinajstić information content (AvgIpc) is 2.64. The Hall–Kier alpha value is -2.10. The lowest BCUT2D eigenvalue weighted by molar-refractivity contribution is 0.304. The first-order valence-electron chi connectivity index (χ1n) is 6.17. The third kappa shape index (κ3) is 3.02. The molecule has 0 aliphatic rings. The van der Waals surface area contributed by atoms with E-state index in [9.17, 15) is 4.79 Å². The van der Waals surface area contributed by atoms with E-state index in [0.29, 0.717) is 13.0 Å². The van der Waals surface area contributed by atoms with Crippen molar-refractivity contribution in [1.82, 2.24) is 9.78 Å². The molecule has 0 spiro atoms. The molecule has 2 rings (SSSR count). The van der Waals surface area contributed by atoms with Crippen molar-refractivity contribution in [3.8, 4) is 5.75 Å². The second-order valence-electron chi connectivity index (χ2n) is 4.53. The van der Waals surface area contributed by atoms with Crippen LogP contribution in [0, 0.1) is 13.8 Å². The predicted molar refractivity (Wildman–Crippen MR) is 72.9 cm³/mol. The van der Waals surface area contributed by atoms with Crippen LogP contribution in [-0.4, -0.2) is 16.1 Å². The molecule has 0 amide bonds. The quantitative estimate of drug-likeness (QED) is 0.825. The smallest absolute Gasteiger partial charge is 0.203 e. The maximum Gasteiger partial charge on any atom is 0.203 e. The van der Waals surface area contributed by atoms with Crippen LogP contribution in [0.2, 0.25) is 0 Å². The van der Waals surface area contributed by atoms with Crippen LogP contribution in [-0.2, 0) is 24.9 Å². The van der Waals surface area contributed by atoms with Gasteiger partial charge in [-0.3, -0.25) is 9.48 Å². The molecule has 0 saturated carbocycles. The molecule has 0 atom stereocenters. The van der Waals surface area contributed by atoms with Crippen molar-refractivity contribution < 1.29 is 9.53 Å². The highest BCUT2D eigenvalue weighted by atomic mass is 16.5. The summed E-state index contributed by atoms with van der Waals surface area (Å²) >= 11 is 0. The van der Waals surface area contributed by atoms with Crippen LogP contribution in [0.15, 0.2) is 24.3 Å². The van der Waals surface area contributed by atoms with E-state index in [4.69, 9.17) is 4.74 Å². The first-order valence-corrected chi connectivity index (χ1v) is 6.17. The van der Waals surface area contributed by atoms with Gasteiger partial charge in [0.15, 0.2) is 0 Å². The normalized spacial score (nSPS) is 10.5. The molecule has 0 aliphatic heterocycles. The molecule has 0 unspecified atom stereocenters. The lowest BCUT2D eigenvalue weighted by Crippen LogP contribution is -1.99. The Morgan fingerprint density at radius 2 is 1.95 bits per heavy atom. The Morgan fingerprint density at radius 3 is 2.47 bits per heavy atom. The van der Waals surface area contributed by atoms with Crippen molar-refractivity contribution in [2.24, 2.45) is 7.05 Å². The molecule has 19 heavy (non-hydrogen) atoms. The summed E-state index contributed by atoms with van der Waals surface area (Å²) in [5.41, 5.74) is 4.17. The van der Waals surface area contributed by atoms with Crippen molar-refractivity contribution >= 4 is 6.29 Å². The van der Waals surface area contributed by atoms with E-state index in [2.05, 4.69) is 5.10 Å². The largest absolute Gasteiger partial charge is 0.489 e. The molecule has 0 aliphatic carbocycles. The molecule has 1 aromatic heterocycles. The summed E-state index contributed by atoms with van der Waals surface area (Å²) < 4.78 is 7.61. The molecule has 2 aromatic rings. The van der Waals surface area contributed by atoms with E-state index < -0.39 is 0 Å². The Morgan fingerprint density at radius 1 is 1.26 bits per heavy atom. The van der Waals surface area contributed by atoms with Gasteiger partial charge in [0.1, 0.15) is 12.4 Å². The molecule has 1 heterocycles. The van der Waals surface area contributed by atoms with Gasteiger partial charge in [-0.1, -0.05) is 12.1 Å². The Labute approximate surface area is 113 Å². The van der Waals surface area contributed by atoms with Crippen molar-refractivity contribution in [3.05, 3.63) is 46.8 Å². The van der Waals surface area contributed by atoms with Crippen molar-refractivity contribution in [2.45, 2.75) is 26.9 Å². The third-order valence-corrected chi connectivity index (χ3v) is 3.24. The van der Waals surface area contributed by atoms with Crippen LogP contribution in [0.1, 0.15) is 22.5 Å². The number of carbonyl (C=O) groups excluding carboxylic acids is 1. The maximum atomic E-state index is 10.3. The van der Waals surface area contributed by atoms with Gasteiger partial charge in [0.25, 0.3) is 0 Å². The van der Waals surface area contributed by atoms with E-state index in [0.717, 1.165) is 28.3 Å². The van der Waals surface area contributed by atoms with E-state index in [1.54, 1.807) is 0 Å². The molecular weight excluding hydrogens is 240 g/mol. The zero-order valence-electron chi connectivity index (χ0n) is 11.4. The highest BCUT2D eigenvalue weighted by molar-refractivity contribution is 5.55. The maximum absolute atomic E-state index is 10.3. The molecule has 4 nitrogen and oxygen atoms in total. The van der Waals surface area contributed by atoms with Crippen molar-refractivity contribution in [1.29, 1.82) is 0 Å². The van der Waals surface area contributed by atoms with E-state index in [-0.39, 0.29) is 0 Å². The third-order valence-electron chi connectivity index (χ3n) is 3.24. The van der Waals surface area contributed by atoms with Gasteiger partial charge in [-0.2, -0.15) is 5.10 Å². The number of benzene rings is 1. The lowest BCUT2D eigenvalue weighted by Gasteiger charge is -2.07. The second-order valence-corrected chi connectivity index (χ2v) is 4.53. The highest BCUT2D eigenvalue weighted by Crippen LogP contribution is 2.17. The van der Waals surface area contributed by atoms with E-state index in [1.165, 1.54) is 0 Å². The summed E-state index contributed by atoms with van der Waals surface area (Å²) in [7, 11) is 1.93. The van der Waals surface area contributed by atoms with Gasteiger partial charge in [0.2, 0.25) is 6.29 Å². The van der Waals surface area contributed by atoms with Crippen LogP contribution in [0.5, 0.6) is 5.75 Å². The van der Waals surface area contributed by atoms with Crippen LogP contribution in [0.25, 0.3) is 0 Å². The van der Waals surface area contributed by atoms with Gasteiger partial charge in [0, 0.05) is 24.7 Å². The van der Waals surface area contributed by atoms with Crippen LogP contribution >= 0.6 is 0 Å². The number of ether oxygens (including phenoxy) is 1. The number of hydrogen-bond donors (Lipinski definition) is 0. The minimum absolute atomic E-state index is 0.321. The van der Waals surface area contributed by atoms with E-state index >= 15 is 0 Å². The summed E-state index contributed by atoms with van der Waals surface area (Å²) in [5.74, 6) is 0.789. The number of rotatable bonds is 5.